The van der Waals surface area contributed by atoms with Gasteiger partial charge in [-0.25, -0.2) is 0 Å². The highest BCUT2D eigenvalue weighted by Crippen LogP contribution is 2.12. The maximum absolute atomic E-state index is 4.07. The van der Waals surface area contributed by atoms with Gasteiger partial charge in [-0.15, -0.1) is 0 Å². The Morgan fingerprint density at radius 2 is 1.83 bits per heavy atom. The molecule has 0 aromatic rings. The molecule has 0 fully saturated rings. The first-order chi connectivity index (χ1) is 5.52. The molecule has 0 saturated heterocycles. The topological polar surface area (TPSA) is 3.24 Å². The van der Waals surface area contributed by atoms with Gasteiger partial charge in [-0.2, -0.15) is 0 Å². The third-order valence-electron chi connectivity index (χ3n) is 1.99. The van der Waals surface area contributed by atoms with Crippen molar-refractivity contribution in [2.75, 3.05) is 20.6 Å². The lowest BCUT2D eigenvalue weighted by Crippen LogP contribution is -2.13. The van der Waals surface area contributed by atoms with Crippen LogP contribution in [-0.4, -0.2) is 25.5 Å². The van der Waals surface area contributed by atoms with Crippen LogP contribution in [0, 0.1) is 5.92 Å². The van der Waals surface area contributed by atoms with Crippen molar-refractivity contribution in [2.45, 2.75) is 33.1 Å². The number of nitrogens with zero attached hydrogens (tertiary/aromatic N) is 1. The average molecular weight is 169 g/mol. The van der Waals surface area contributed by atoms with Gasteiger partial charge in [0.1, 0.15) is 0 Å². The molecule has 1 heteroatoms. The maximum Gasteiger partial charge on any atom is 0.00124 e. The smallest absolute Gasteiger partial charge is 0.00124 e. The van der Waals surface area contributed by atoms with Crippen LogP contribution in [-0.2, 0) is 0 Å². The van der Waals surface area contributed by atoms with Crippen LogP contribution in [0.5, 0.6) is 0 Å². The Kier molecular flexibility index (Phi) is 6.09. The van der Waals surface area contributed by atoms with Gasteiger partial charge in [0.15, 0.2) is 0 Å². The van der Waals surface area contributed by atoms with Crippen LogP contribution < -0.4 is 0 Å². The minimum atomic E-state index is 0.807. The highest BCUT2D eigenvalue weighted by Gasteiger charge is 1.98. The molecule has 0 saturated carbocycles. The molecular formula is C11H23N. The minimum absolute atomic E-state index is 0.807. The fourth-order valence-corrected chi connectivity index (χ4v) is 1.000. The summed E-state index contributed by atoms with van der Waals surface area (Å²) in [6, 6.07) is 0. The highest BCUT2D eigenvalue weighted by atomic mass is 15.0. The molecule has 0 rings (SSSR count). The zero-order valence-electron chi connectivity index (χ0n) is 9.06. The molecule has 0 unspecified atom stereocenters. The molecule has 0 aliphatic heterocycles. The lowest BCUT2D eigenvalue weighted by atomic mass is 10.0. The highest BCUT2D eigenvalue weighted by molar-refractivity contribution is 4.94. The molecule has 1 nitrogen and oxygen atoms in total. The minimum Gasteiger partial charge on any atom is -0.309 e. The predicted octanol–water partition coefficient (Wildman–Crippen LogP) is 2.93. The molecule has 0 spiro atoms. The molecule has 12 heavy (non-hydrogen) atoms. The Balaban J connectivity index is 3.34. The monoisotopic (exact) mass is 169 g/mol. The molecular weight excluding hydrogens is 146 g/mol. The van der Waals surface area contributed by atoms with Crippen LogP contribution in [0.1, 0.15) is 33.1 Å². The molecule has 0 heterocycles. The zero-order chi connectivity index (χ0) is 9.56. The van der Waals surface area contributed by atoms with E-state index in [1.54, 1.807) is 0 Å². The lowest BCUT2D eigenvalue weighted by Gasteiger charge is -2.11. The van der Waals surface area contributed by atoms with E-state index >= 15 is 0 Å². The average Bonchev–Trinajstić information content (AvgIpc) is 1.96. The van der Waals surface area contributed by atoms with Crippen LogP contribution in [0.15, 0.2) is 12.2 Å². The second kappa shape index (κ2) is 6.24. The number of hydrogen-bond acceptors (Lipinski definition) is 1. The van der Waals surface area contributed by atoms with Crippen molar-refractivity contribution in [3.63, 3.8) is 0 Å². The van der Waals surface area contributed by atoms with E-state index in [0.717, 1.165) is 18.9 Å². The summed E-state index contributed by atoms with van der Waals surface area (Å²) in [6.45, 7) is 9.73. The Labute approximate surface area is 77.5 Å². The van der Waals surface area contributed by atoms with Crippen molar-refractivity contribution in [3.8, 4) is 0 Å². The van der Waals surface area contributed by atoms with Crippen molar-refractivity contribution in [3.05, 3.63) is 12.2 Å². The fourth-order valence-electron chi connectivity index (χ4n) is 1.000. The van der Waals surface area contributed by atoms with Crippen LogP contribution in [0.25, 0.3) is 0 Å². The van der Waals surface area contributed by atoms with E-state index in [2.05, 4.69) is 39.4 Å². The predicted molar refractivity (Wildman–Crippen MR) is 56.4 cm³/mol. The number of rotatable bonds is 6. The second-order valence-corrected chi connectivity index (χ2v) is 4.24. The largest absolute Gasteiger partial charge is 0.309 e. The van der Waals surface area contributed by atoms with Crippen molar-refractivity contribution < 1.29 is 0 Å². The quantitative estimate of drug-likeness (QED) is 0.553. The molecule has 0 radical (unpaired) electrons. The lowest BCUT2D eigenvalue weighted by molar-refractivity contribution is 0.409. The SMILES string of the molecule is C=C(CCC(C)C)CCN(C)C. The van der Waals surface area contributed by atoms with Gasteiger partial charge in [-0.05, 0) is 39.3 Å². The maximum atomic E-state index is 4.07. The molecule has 72 valence electrons. The first-order valence-electron chi connectivity index (χ1n) is 4.83. The summed E-state index contributed by atoms with van der Waals surface area (Å²) in [7, 11) is 4.21. The Morgan fingerprint density at radius 1 is 1.25 bits per heavy atom. The summed E-state index contributed by atoms with van der Waals surface area (Å²) < 4.78 is 0. The second-order valence-electron chi connectivity index (χ2n) is 4.24. The first-order valence-corrected chi connectivity index (χ1v) is 4.83. The van der Waals surface area contributed by atoms with Crippen LogP contribution >= 0.6 is 0 Å². The van der Waals surface area contributed by atoms with Gasteiger partial charge in [0.2, 0.25) is 0 Å². The van der Waals surface area contributed by atoms with Gasteiger partial charge in [0.25, 0.3) is 0 Å². The van der Waals surface area contributed by atoms with Gasteiger partial charge in [0.05, 0.1) is 0 Å². The normalized spacial score (nSPS) is 11.2. The number of hydrogen-bond donors (Lipinski definition) is 0. The van der Waals surface area contributed by atoms with Gasteiger partial charge < -0.3 is 4.90 Å². The summed E-state index contributed by atoms with van der Waals surface area (Å²) in [6.07, 6.45) is 3.64. The Morgan fingerprint density at radius 3 is 2.25 bits per heavy atom. The van der Waals surface area contributed by atoms with Gasteiger partial charge in [0, 0.05) is 6.54 Å². The van der Waals surface area contributed by atoms with E-state index in [-0.39, 0.29) is 0 Å². The third-order valence-corrected chi connectivity index (χ3v) is 1.99. The van der Waals surface area contributed by atoms with E-state index in [4.69, 9.17) is 0 Å². The molecule has 0 aromatic carbocycles. The van der Waals surface area contributed by atoms with E-state index in [9.17, 15) is 0 Å². The summed E-state index contributed by atoms with van der Waals surface area (Å²) >= 11 is 0. The van der Waals surface area contributed by atoms with Crippen molar-refractivity contribution in [1.29, 1.82) is 0 Å². The van der Waals surface area contributed by atoms with Crippen LogP contribution in [0.4, 0.5) is 0 Å². The molecule has 0 aromatic heterocycles. The first kappa shape index (κ1) is 11.7. The van der Waals surface area contributed by atoms with Gasteiger partial charge in [-0.3, -0.25) is 0 Å². The van der Waals surface area contributed by atoms with Crippen molar-refractivity contribution in [2.24, 2.45) is 5.92 Å². The zero-order valence-corrected chi connectivity index (χ0v) is 9.06. The van der Waals surface area contributed by atoms with Crippen molar-refractivity contribution in [1.82, 2.24) is 4.90 Å². The van der Waals surface area contributed by atoms with Crippen LogP contribution in [0.3, 0.4) is 0 Å². The van der Waals surface area contributed by atoms with E-state index in [1.165, 1.54) is 18.4 Å². The van der Waals surface area contributed by atoms with E-state index < -0.39 is 0 Å². The molecule has 0 aliphatic carbocycles. The molecule has 0 amide bonds. The van der Waals surface area contributed by atoms with Crippen molar-refractivity contribution >= 4 is 0 Å². The summed E-state index contributed by atoms with van der Waals surface area (Å²) in [4.78, 5) is 2.21. The van der Waals surface area contributed by atoms with E-state index in [0.29, 0.717) is 0 Å². The third kappa shape index (κ3) is 7.80. The van der Waals surface area contributed by atoms with Crippen LogP contribution in [0.2, 0.25) is 0 Å². The van der Waals surface area contributed by atoms with Gasteiger partial charge in [-0.1, -0.05) is 26.0 Å². The molecule has 0 atom stereocenters. The Bertz CT molecular complexity index is 111. The van der Waals surface area contributed by atoms with E-state index in [1.807, 2.05) is 0 Å². The summed E-state index contributed by atoms with van der Waals surface area (Å²) in [5.74, 6) is 0.807. The fraction of sp³-hybridized carbons (Fsp3) is 0.818. The molecule has 0 aliphatic rings. The standard InChI is InChI=1S/C11H23N/c1-10(2)6-7-11(3)8-9-12(4)5/h10H,3,6-9H2,1-2,4-5H3. The summed E-state index contributed by atoms with van der Waals surface area (Å²) in [5, 5.41) is 0. The Hall–Kier alpha value is -0.300. The van der Waals surface area contributed by atoms with Gasteiger partial charge >= 0.3 is 0 Å². The molecule has 0 N–H and O–H groups in total. The molecule has 0 bridgehead atoms. The summed E-state index contributed by atoms with van der Waals surface area (Å²) in [5.41, 5.74) is 1.40.